The summed E-state index contributed by atoms with van der Waals surface area (Å²) in [4.78, 5) is 40.3. The highest BCUT2D eigenvalue weighted by Crippen LogP contribution is 2.28. The number of carbonyl (C=O) groups excluding carboxylic acids is 2. The van der Waals surface area contributed by atoms with Crippen molar-refractivity contribution in [3.63, 3.8) is 0 Å². The molecule has 3 rings (SSSR count). The second-order valence-corrected chi connectivity index (χ2v) is 7.42. The maximum Gasteiger partial charge on any atom is 0.452 e. The second-order valence-electron chi connectivity index (χ2n) is 7.42. The molecular weight excluding hydrogens is 461 g/mol. The number of aliphatic hydroxyl groups excluding tert-OH is 2. The number of ketones is 1. The average Bonchev–Trinajstić information content (AvgIpc) is 3.17. The van der Waals surface area contributed by atoms with Gasteiger partial charge in [-0.15, -0.1) is 0 Å². The van der Waals surface area contributed by atoms with E-state index in [0.29, 0.717) is 0 Å². The van der Waals surface area contributed by atoms with Crippen molar-refractivity contribution in [3.05, 3.63) is 64.2 Å². The number of hydrogen-bond donors (Lipinski definition) is 4. The third-order valence-corrected chi connectivity index (χ3v) is 5.01. The molecule has 1 aromatic heterocycles. The molecule has 10 nitrogen and oxygen atoms in total. The largest absolute Gasteiger partial charge is 0.452 e. The number of rotatable bonds is 7. The molecule has 4 atom stereocenters. The van der Waals surface area contributed by atoms with Crippen LogP contribution in [0.1, 0.15) is 28.6 Å². The summed E-state index contributed by atoms with van der Waals surface area (Å²) in [5.74, 6) is -3.13. The van der Waals surface area contributed by atoms with Crippen molar-refractivity contribution in [2.45, 2.75) is 37.1 Å². The molecule has 0 saturated carbocycles. The van der Waals surface area contributed by atoms with Gasteiger partial charge in [0.2, 0.25) is 0 Å². The number of hydrogen-bond acceptors (Lipinski definition) is 8. The van der Waals surface area contributed by atoms with E-state index in [1.165, 1.54) is 12.1 Å². The molecule has 0 spiro atoms. The van der Waals surface area contributed by atoms with Crippen LogP contribution >= 0.6 is 0 Å². The number of aliphatic hydroxyl groups is 2. The van der Waals surface area contributed by atoms with Crippen molar-refractivity contribution in [2.75, 3.05) is 11.9 Å². The molecule has 2 heterocycles. The number of Topliss-reactive ketones (excluding diaryl/α,β-unsaturated/α-hetero) is 1. The normalized spacial score (nSPS) is 21.5. The van der Waals surface area contributed by atoms with Gasteiger partial charge in [0.1, 0.15) is 18.1 Å². The van der Waals surface area contributed by atoms with E-state index in [9.17, 15) is 37.8 Å². The molecule has 5 N–H and O–H groups in total. The summed E-state index contributed by atoms with van der Waals surface area (Å²) in [6.45, 7) is -0.508. The van der Waals surface area contributed by atoms with E-state index in [1.807, 2.05) is 0 Å². The summed E-state index contributed by atoms with van der Waals surface area (Å²) in [5, 5.41) is 21.6. The van der Waals surface area contributed by atoms with Gasteiger partial charge in [0.05, 0.1) is 18.8 Å². The first-order valence-corrected chi connectivity index (χ1v) is 10.00. The van der Waals surface area contributed by atoms with Crippen molar-refractivity contribution in [3.8, 4) is 0 Å². The van der Waals surface area contributed by atoms with E-state index in [0.717, 1.165) is 22.9 Å². The number of halogens is 3. The quantitative estimate of drug-likeness (QED) is 0.447. The van der Waals surface area contributed by atoms with Gasteiger partial charge in [-0.2, -0.15) is 18.2 Å². The van der Waals surface area contributed by atoms with Gasteiger partial charge in [-0.25, -0.2) is 4.79 Å². The third kappa shape index (κ3) is 5.75. The fourth-order valence-corrected chi connectivity index (χ4v) is 3.22. The van der Waals surface area contributed by atoms with Crippen LogP contribution in [-0.4, -0.2) is 62.5 Å². The number of ether oxygens (including phenoxy) is 1. The molecule has 1 unspecified atom stereocenters. The molecular formula is C21H21F3N4O6. The van der Waals surface area contributed by atoms with Gasteiger partial charge in [-0.3, -0.25) is 14.2 Å². The van der Waals surface area contributed by atoms with Gasteiger partial charge >= 0.3 is 11.9 Å². The number of aromatic nitrogens is 2. The maximum atomic E-state index is 12.7. The minimum atomic E-state index is -5.15. The Hall–Kier alpha value is -3.39. The minimum Gasteiger partial charge on any atom is -0.394 e. The van der Waals surface area contributed by atoms with Crippen LogP contribution in [-0.2, 0) is 9.53 Å². The molecule has 0 radical (unpaired) electrons. The minimum absolute atomic E-state index is 0.0557. The van der Waals surface area contributed by atoms with Crippen LogP contribution in [0.4, 0.5) is 19.0 Å². The van der Waals surface area contributed by atoms with E-state index in [-0.39, 0.29) is 23.4 Å². The Morgan fingerprint density at radius 1 is 1.32 bits per heavy atom. The van der Waals surface area contributed by atoms with E-state index in [2.05, 4.69) is 10.3 Å². The summed E-state index contributed by atoms with van der Waals surface area (Å²) < 4.78 is 44.3. The lowest BCUT2D eigenvalue weighted by molar-refractivity contribution is -0.171. The maximum absolute atomic E-state index is 12.7. The van der Waals surface area contributed by atoms with Crippen LogP contribution in [0.3, 0.4) is 0 Å². The molecule has 182 valence electrons. The first-order valence-electron chi connectivity index (χ1n) is 10.00. The Bertz CT molecular complexity index is 1140. The van der Waals surface area contributed by atoms with Gasteiger partial charge in [-0.1, -0.05) is 30.4 Å². The number of amides is 1. The Kier molecular flexibility index (Phi) is 7.61. The fraction of sp³-hybridized carbons (Fsp3) is 0.333. The van der Waals surface area contributed by atoms with Crippen molar-refractivity contribution in [2.24, 2.45) is 5.73 Å². The van der Waals surface area contributed by atoms with Crippen LogP contribution in [0.2, 0.25) is 0 Å². The van der Waals surface area contributed by atoms with Gasteiger partial charge in [0.25, 0.3) is 11.7 Å². The molecule has 1 amide bonds. The average molecular weight is 482 g/mol. The Labute approximate surface area is 190 Å². The zero-order chi connectivity index (χ0) is 25.0. The van der Waals surface area contributed by atoms with E-state index in [4.69, 9.17) is 10.5 Å². The highest BCUT2D eigenvalue weighted by atomic mass is 19.4. The monoisotopic (exact) mass is 482 g/mol. The standard InChI is InChI=1S/C21H21F3N4O6/c22-21(23,24)17(31)13(25)7-6-12-9-28(16-8-14(30)15(10-29)34-16)20(33)27-18(12)26-19(32)11-4-2-1-3-5-11/h1-7,9,13-16,29-30H,8,10,25H2,(H,26,27,32,33)/t13?,14-,15+,16+/m0/s1. The zero-order valence-electron chi connectivity index (χ0n) is 17.5. The number of anilines is 1. The lowest BCUT2D eigenvalue weighted by atomic mass is 10.1. The predicted molar refractivity (Wildman–Crippen MR) is 113 cm³/mol. The van der Waals surface area contributed by atoms with Crippen LogP contribution < -0.4 is 16.7 Å². The Morgan fingerprint density at radius 3 is 2.59 bits per heavy atom. The van der Waals surface area contributed by atoms with Crippen molar-refractivity contribution >= 4 is 23.6 Å². The van der Waals surface area contributed by atoms with Crippen LogP contribution in [0, 0.1) is 0 Å². The number of nitrogens with one attached hydrogen (secondary N) is 1. The smallest absolute Gasteiger partial charge is 0.394 e. The molecule has 1 aliphatic heterocycles. The van der Waals surface area contributed by atoms with Crippen molar-refractivity contribution < 1.29 is 37.7 Å². The number of alkyl halides is 3. The van der Waals surface area contributed by atoms with E-state index in [1.54, 1.807) is 18.2 Å². The summed E-state index contributed by atoms with van der Waals surface area (Å²) in [6.07, 6.45) is -5.40. The van der Waals surface area contributed by atoms with Gasteiger partial charge in [0.15, 0.2) is 0 Å². The molecule has 1 aromatic carbocycles. The van der Waals surface area contributed by atoms with Crippen molar-refractivity contribution in [1.29, 1.82) is 0 Å². The van der Waals surface area contributed by atoms with Crippen molar-refractivity contribution in [1.82, 2.24) is 9.55 Å². The van der Waals surface area contributed by atoms with Gasteiger partial charge in [-0.05, 0) is 12.1 Å². The third-order valence-electron chi connectivity index (χ3n) is 5.01. The fourth-order valence-electron chi connectivity index (χ4n) is 3.22. The summed E-state index contributed by atoms with van der Waals surface area (Å²) in [7, 11) is 0. The molecule has 34 heavy (non-hydrogen) atoms. The SMILES string of the molecule is NC(C=Cc1cn([C@H]2C[C@H](O)[C@@H](CO)O2)c(=O)nc1NC(=O)c1ccccc1)C(=O)C(F)(F)F. The van der Waals surface area contributed by atoms with Gasteiger partial charge in [0, 0.05) is 23.7 Å². The zero-order valence-corrected chi connectivity index (χ0v) is 17.5. The number of benzene rings is 1. The van der Waals surface area contributed by atoms with Crippen LogP contribution in [0.15, 0.2) is 47.4 Å². The highest BCUT2D eigenvalue weighted by Gasteiger charge is 2.41. The molecule has 1 fully saturated rings. The summed E-state index contributed by atoms with van der Waals surface area (Å²) >= 11 is 0. The molecule has 0 aliphatic carbocycles. The first kappa shape index (κ1) is 25.2. The molecule has 1 aliphatic rings. The second kappa shape index (κ2) is 10.3. The Morgan fingerprint density at radius 2 is 2.00 bits per heavy atom. The number of nitrogens with zero attached hydrogens (tertiary/aromatic N) is 2. The predicted octanol–water partition coefficient (Wildman–Crippen LogP) is 0.608. The summed E-state index contributed by atoms with van der Waals surface area (Å²) in [6, 6.07) is 5.83. The Balaban J connectivity index is 1.98. The molecule has 0 bridgehead atoms. The highest BCUT2D eigenvalue weighted by molar-refractivity contribution is 6.04. The lowest BCUT2D eigenvalue weighted by Gasteiger charge is -2.17. The molecule has 2 aromatic rings. The van der Waals surface area contributed by atoms with Crippen LogP contribution in [0.5, 0.6) is 0 Å². The van der Waals surface area contributed by atoms with Gasteiger partial charge < -0.3 is 26.0 Å². The number of carbonyl (C=O) groups is 2. The van der Waals surface area contributed by atoms with E-state index < -0.39 is 54.6 Å². The summed E-state index contributed by atoms with van der Waals surface area (Å²) in [5.41, 5.74) is 4.59. The van der Waals surface area contributed by atoms with E-state index >= 15 is 0 Å². The first-order chi connectivity index (χ1) is 16.0. The topological polar surface area (TPSA) is 157 Å². The van der Waals surface area contributed by atoms with Crippen LogP contribution in [0.25, 0.3) is 6.08 Å². The molecule has 13 heteroatoms. The number of nitrogens with two attached hydrogens (primary N) is 1. The lowest BCUT2D eigenvalue weighted by Crippen LogP contribution is -2.39. The molecule has 1 saturated heterocycles.